The smallest absolute Gasteiger partial charge is 0.408 e. The van der Waals surface area contributed by atoms with E-state index in [1.165, 1.54) is 18.2 Å². The van der Waals surface area contributed by atoms with E-state index in [9.17, 15) is 14.0 Å². The zero-order chi connectivity index (χ0) is 16.5. The molecule has 2 aromatic carbocycles. The van der Waals surface area contributed by atoms with Crippen LogP contribution in [0.1, 0.15) is 21.5 Å². The number of hydrogen-bond acceptors (Lipinski definition) is 3. The van der Waals surface area contributed by atoms with Crippen LogP contribution in [-0.2, 0) is 11.3 Å². The maximum absolute atomic E-state index is 13.4. The summed E-state index contributed by atoms with van der Waals surface area (Å²) in [7, 11) is 0. The number of hydrogen-bond donors (Lipinski definition) is 1. The second-order valence-electron chi connectivity index (χ2n) is 4.57. The first-order chi connectivity index (χ1) is 11.2. The van der Waals surface area contributed by atoms with E-state index in [1.807, 2.05) is 30.3 Å². The summed E-state index contributed by atoms with van der Waals surface area (Å²) in [5, 5.41) is 2.48. The van der Waals surface area contributed by atoms with E-state index < -0.39 is 11.9 Å². The van der Waals surface area contributed by atoms with Gasteiger partial charge in [-0.15, -0.1) is 0 Å². The maximum atomic E-state index is 13.4. The molecule has 0 radical (unpaired) electrons. The van der Waals surface area contributed by atoms with Crippen LogP contribution in [0.2, 0.25) is 0 Å². The summed E-state index contributed by atoms with van der Waals surface area (Å²) < 4.78 is 18.4. The summed E-state index contributed by atoms with van der Waals surface area (Å²) in [5.41, 5.74) is 1.30. The molecule has 0 unspecified atom stereocenters. The SMILES string of the molecule is O=Cc1ccc(C#CCNC(=O)OCc2ccccc2)cc1F. The lowest BCUT2D eigenvalue weighted by atomic mass is 10.1. The highest BCUT2D eigenvalue weighted by atomic mass is 19.1. The minimum atomic E-state index is -0.623. The monoisotopic (exact) mass is 311 g/mol. The topological polar surface area (TPSA) is 55.4 Å². The summed E-state index contributed by atoms with van der Waals surface area (Å²) in [6, 6.07) is 13.4. The van der Waals surface area contributed by atoms with E-state index in [0.717, 1.165) is 5.56 Å². The molecule has 0 atom stereocenters. The van der Waals surface area contributed by atoms with Gasteiger partial charge in [0.05, 0.1) is 12.1 Å². The van der Waals surface area contributed by atoms with Crippen LogP contribution in [0.3, 0.4) is 0 Å². The van der Waals surface area contributed by atoms with E-state index in [0.29, 0.717) is 11.8 Å². The molecule has 116 valence electrons. The molecular formula is C18H14FNO3. The Morgan fingerprint density at radius 1 is 1.22 bits per heavy atom. The van der Waals surface area contributed by atoms with Gasteiger partial charge in [0, 0.05) is 5.56 Å². The fraction of sp³-hybridized carbons (Fsp3) is 0.111. The zero-order valence-electron chi connectivity index (χ0n) is 12.2. The van der Waals surface area contributed by atoms with E-state index in [1.54, 1.807) is 0 Å². The predicted molar refractivity (Wildman–Crippen MR) is 83.3 cm³/mol. The normalized spacial score (nSPS) is 9.43. The molecule has 5 heteroatoms. The first-order valence-electron chi connectivity index (χ1n) is 6.87. The van der Waals surface area contributed by atoms with Crippen molar-refractivity contribution in [2.24, 2.45) is 0 Å². The lowest BCUT2D eigenvalue weighted by molar-refractivity contribution is 0.111. The summed E-state index contributed by atoms with van der Waals surface area (Å²) in [6.07, 6.45) is -0.137. The van der Waals surface area contributed by atoms with Crippen LogP contribution in [0.5, 0.6) is 0 Å². The number of nitrogens with one attached hydrogen (secondary N) is 1. The van der Waals surface area contributed by atoms with Gasteiger partial charge < -0.3 is 10.1 Å². The highest BCUT2D eigenvalue weighted by Gasteiger charge is 2.01. The van der Waals surface area contributed by atoms with Crippen molar-refractivity contribution in [3.63, 3.8) is 0 Å². The molecule has 0 spiro atoms. The number of benzene rings is 2. The molecule has 2 aromatic rings. The number of halogens is 1. The second-order valence-corrected chi connectivity index (χ2v) is 4.57. The van der Waals surface area contributed by atoms with E-state index in [4.69, 9.17) is 4.74 Å². The Morgan fingerprint density at radius 3 is 2.70 bits per heavy atom. The standard InChI is InChI=1S/C18H14FNO3/c19-17-11-14(8-9-16(17)12-21)7-4-10-20-18(22)23-13-15-5-2-1-3-6-15/h1-3,5-6,8-9,11-12H,10,13H2,(H,20,22). The first kappa shape index (κ1) is 16.2. The van der Waals surface area contributed by atoms with Crippen LogP contribution in [0.25, 0.3) is 0 Å². The van der Waals surface area contributed by atoms with Crippen molar-refractivity contribution in [2.45, 2.75) is 6.61 Å². The molecule has 0 fully saturated rings. The van der Waals surface area contributed by atoms with Crippen molar-refractivity contribution in [1.82, 2.24) is 5.32 Å². The molecule has 2 rings (SSSR count). The lowest BCUT2D eigenvalue weighted by Crippen LogP contribution is -2.24. The molecule has 23 heavy (non-hydrogen) atoms. The van der Waals surface area contributed by atoms with Gasteiger partial charge in [-0.05, 0) is 23.8 Å². The van der Waals surface area contributed by atoms with Crippen LogP contribution in [0.15, 0.2) is 48.5 Å². The Morgan fingerprint density at radius 2 is 2.00 bits per heavy atom. The van der Waals surface area contributed by atoms with Crippen molar-refractivity contribution in [3.05, 3.63) is 71.0 Å². The van der Waals surface area contributed by atoms with Crippen molar-refractivity contribution >= 4 is 12.4 Å². The number of carbonyl (C=O) groups excluding carboxylic acids is 2. The van der Waals surface area contributed by atoms with Crippen LogP contribution >= 0.6 is 0 Å². The molecule has 0 aromatic heterocycles. The van der Waals surface area contributed by atoms with Crippen LogP contribution in [0.4, 0.5) is 9.18 Å². The molecular weight excluding hydrogens is 297 g/mol. The third-order valence-corrected chi connectivity index (χ3v) is 2.89. The molecule has 0 aliphatic carbocycles. The Kier molecular flexibility index (Phi) is 5.89. The molecule has 1 amide bonds. The minimum absolute atomic E-state index is 0.0156. The van der Waals surface area contributed by atoms with Gasteiger partial charge in [-0.1, -0.05) is 42.2 Å². The summed E-state index contributed by atoms with van der Waals surface area (Å²) in [5.74, 6) is 4.75. The minimum Gasteiger partial charge on any atom is -0.445 e. The van der Waals surface area contributed by atoms with Crippen LogP contribution < -0.4 is 5.32 Å². The molecule has 0 bridgehead atoms. The first-order valence-corrected chi connectivity index (χ1v) is 6.87. The molecule has 1 N–H and O–H groups in total. The fourth-order valence-corrected chi connectivity index (χ4v) is 1.74. The van der Waals surface area contributed by atoms with Crippen molar-refractivity contribution in [1.29, 1.82) is 0 Å². The molecule has 0 aliphatic rings. The number of amides is 1. The third-order valence-electron chi connectivity index (χ3n) is 2.89. The largest absolute Gasteiger partial charge is 0.445 e. The number of rotatable bonds is 4. The van der Waals surface area contributed by atoms with Gasteiger partial charge in [-0.25, -0.2) is 9.18 Å². The molecule has 0 heterocycles. The van der Waals surface area contributed by atoms with Crippen molar-refractivity contribution in [2.75, 3.05) is 6.54 Å². The van der Waals surface area contributed by atoms with E-state index >= 15 is 0 Å². The van der Waals surface area contributed by atoms with Gasteiger partial charge in [-0.2, -0.15) is 0 Å². The molecule has 0 saturated heterocycles. The highest BCUT2D eigenvalue weighted by Crippen LogP contribution is 2.07. The predicted octanol–water partition coefficient (Wildman–Crippen LogP) is 2.92. The second kappa shape index (κ2) is 8.35. The number of carbonyl (C=O) groups is 2. The van der Waals surface area contributed by atoms with Gasteiger partial charge in [0.15, 0.2) is 6.29 Å². The number of aldehydes is 1. The third kappa shape index (κ3) is 5.29. The van der Waals surface area contributed by atoms with E-state index in [-0.39, 0.29) is 18.7 Å². The fourth-order valence-electron chi connectivity index (χ4n) is 1.74. The summed E-state index contributed by atoms with van der Waals surface area (Å²) >= 11 is 0. The Hall–Kier alpha value is -3.13. The Balaban J connectivity index is 1.77. The molecule has 4 nitrogen and oxygen atoms in total. The highest BCUT2D eigenvalue weighted by molar-refractivity contribution is 5.75. The lowest BCUT2D eigenvalue weighted by Gasteiger charge is -2.04. The van der Waals surface area contributed by atoms with Crippen molar-refractivity contribution < 1.29 is 18.7 Å². The molecule has 0 aliphatic heterocycles. The Labute approximate surface area is 133 Å². The van der Waals surface area contributed by atoms with Gasteiger partial charge in [0.2, 0.25) is 0 Å². The quantitative estimate of drug-likeness (QED) is 0.698. The molecule has 0 saturated carbocycles. The Bertz CT molecular complexity index is 748. The average molecular weight is 311 g/mol. The van der Waals surface area contributed by atoms with Gasteiger partial charge in [0.1, 0.15) is 12.4 Å². The number of ether oxygens (including phenoxy) is 1. The van der Waals surface area contributed by atoms with Gasteiger partial charge in [0.25, 0.3) is 0 Å². The van der Waals surface area contributed by atoms with E-state index in [2.05, 4.69) is 17.2 Å². The van der Waals surface area contributed by atoms with Crippen molar-refractivity contribution in [3.8, 4) is 11.8 Å². The van der Waals surface area contributed by atoms with Crippen LogP contribution in [-0.4, -0.2) is 18.9 Å². The maximum Gasteiger partial charge on any atom is 0.408 e. The number of alkyl carbamates (subject to hydrolysis) is 1. The zero-order valence-corrected chi connectivity index (χ0v) is 12.2. The van der Waals surface area contributed by atoms with Gasteiger partial charge >= 0.3 is 6.09 Å². The summed E-state index contributed by atoms with van der Waals surface area (Å²) in [4.78, 5) is 22.0. The van der Waals surface area contributed by atoms with Crippen LogP contribution in [0, 0.1) is 17.7 Å². The average Bonchev–Trinajstić information content (AvgIpc) is 2.58. The summed E-state index contributed by atoms with van der Waals surface area (Å²) in [6.45, 7) is 0.253. The van der Waals surface area contributed by atoms with Gasteiger partial charge in [-0.3, -0.25) is 4.79 Å².